The van der Waals surface area contributed by atoms with Crippen LogP contribution in [0.4, 0.5) is 0 Å². The summed E-state index contributed by atoms with van der Waals surface area (Å²) in [7, 11) is 1.68. The van der Waals surface area contributed by atoms with Gasteiger partial charge >= 0.3 is 0 Å². The molecule has 0 atom stereocenters. The first-order valence-corrected chi connectivity index (χ1v) is 9.69. The monoisotopic (exact) mass is 361 g/mol. The molecule has 1 aliphatic carbocycles. The molecule has 0 radical (unpaired) electrons. The van der Waals surface area contributed by atoms with Crippen molar-refractivity contribution in [2.24, 2.45) is 5.41 Å². The second-order valence-electron chi connectivity index (χ2n) is 8.13. The third-order valence-electron chi connectivity index (χ3n) is 5.66. The summed E-state index contributed by atoms with van der Waals surface area (Å²) in [6.45, 7) is 6.92. The number of nitrogens with zero attached hydrogens (tertiary/aromatic N) is 3. The fourth-order valence-electron chi connectivity index (χ4n) is 4.04. The quantitative estimate of drug-likeness (QED) is 0.655. The standard InChI is InChI=1S/C23H27N3O/c1-5-21-19-12-23(2,3)11-10-18(19)20(13-24-21)22-14-26(15-25-22)16-6-8-17(27-4)9-7-16/h6-9,13-15H,5,10-12H2,1-4H3. The molecular weight excluding hydrogens is 334 g/mol. The van der Waals surface area contributed by atoms with Crippen LogP contribution in [0.3, 0.4) is 0 Å². The van der Waals surface area contributed by atoms with Crippen molar-refractivity contribution in [1.82, 2.24) is 14.5 Å². The second-order valence-corrected chi connectivity index (χ2v) is 8.13. The summed E-state index contributed by atoms with van der Waals surface area (Å²) in [6, 6.07) is 8.02. The second kappa shape index (κ2) is 6.84. The van der Waals surface area contributed by atoms with Gasteiger partial charge in [-0.1, -0.05) is 20.8 Å². The average molecular weight is 361 g/mol. The molecule has 1 aliphatic rings. The molecular formula is C23H27N3O. The number of methoxy groups -OCH3 is 1. The molecule has 140 valence electrons. The van der Waals surface area contributed by atoms with Crippen molar-refractivity contribution in [2.75, 3.05) is 7.11 Å². The number of fused-ring (bicyclic) bond motifs is 1. The average Bonchev–Trinajstić information content (AvgIpc) is 3.16. The van der Waals surface area contributed by atoms with Crippen molar-refractivity contribution < 1.29 is 4.74 Å². The summed E-state index contributed by atoms with van der Waals surface area (Å²) < 4.78 is 7.30. The normalized spacial score (nSPS) is 15.4. The Morgan fingerprint density at radius 2 is 1.89 bits per heavy atom. The van der Waals surface area contributed by atoms with E-state index in [2.05, 4.69) is 31.5 Å². The van der Waals surface area contributed by atoms with Crippen molar-refractivity contribution in [1.29, 1.82) is 0 Å². The van der Waals surface area contributed by atoms with Gasteiger partial charge in [0.2, 0.25) is 0 Å². The zero-order valence-electron chi connectivity index (χ0n) is 16.6. The molecule has 2 aromatic heterocycles. The maximum absolute atomic E-state index is 5.25. The SMILES string of the molecule is CCc1ncc(-c2cn(-c3ccc(OC)cc3)cn2)c2c1CC(C)(C)CC2. The van der Waals surface area contributed by atoms with E-state index in [0.717, 1.165) is 36.4 Å². The Morgan fingerprint density at radius 3 is 2.59 bits per heavy atom. The number of aromatic nitrogens is 3. The Balaban J connectivity index is 1.73. The molecule has 2 heterocycles. The topological polar surface area (TPSA) is 39.9 Å². The van der Waals surface area contributed by atoms with E-state index in [9.17, 15) is 0 Å². The van der Waals surface area contributed by atoms with E-state index in [1.165, 1.54) is 28.8 Å². The minimum Gasteiger partial charge on any atom is -0.497 e. The zero-order chi connectivity index (χ0) is 19.0. The molecule has 4 heteroatoms. The molecule has 0 fully saturated rings. The van der Waals surface area contributed by atoms with Crippen LogP contribution in [0.1, 0.15) is 44.0 Å². The summed E-state index contributed by atoms with van der Waals surface area (Å²) in [5.74, 6) is 0.857. The number of hydrogen-bond donors (Lipinski definition) is 0. The van der Waals surface area contributed by atoms with Gasteiger partial charge in [0.05, 0.1) is 19.1 Å². The molecule has 3 aromatic rings. The van der Waals surface area contributed by atoms with Crippen molar-refractivity contribution >= 4 is 0 Å². The Kier molecular flexibility index (Phi) is 4.50. The van der Waals surface area contributed by atoms with Gasteiger partial charge in [-0.25, -0.2) is 4.98 Å². The summed E-state index contributed by atoms with van der Waals surface area (Å²) in [4.78, 5) is 9.49. The fraction of sp³-hybridized carbons (Fsp3) is 0.391. The number of aryl methyl sites for hydroxylation is 1. The molecule has 0 saturated heterocycles. The highest BCUT2D eigenvalue weighted by Crippen LogP contribution is 2.39. The predicted molar refractivity (Wildman–Crippen MR) is 109 cm³/mol. The molecule has 0 bridgehead atoms. The summed E-state index contributed by atoms with van der Waals surface area (Å²) in [5, 5.41) is 0. The van der Waals surface area contributed by atoms with Gasteiger partial charge in [0.1, 0.15) is 5.75 Å². The van der Waals surface area contributed by atoms with Crippen LogP contribution in [-0.4, -0.2) is 21.6 Å². The molecule has 1 aromatic carbocycles. The van der Waals surface area contributed by atoms with E-state index in [-0.39, 0.29) is 0 Å². The lowest BCUT2D eigenvalue weighted by molar-refractivity contribution is 0.314. The highest BCUT2D eigenvalue weighted by molar-refractivity contribution is 5.65. The van der Waals surface area contributed by atoms with Crippen molar-refractivity contribution in [3.05, 3.63) is 59.8 Å². The Morgan fingerprint density at radius 1 is 1.11 bits per heavy atom. The molecule has 0 aliphatic heterocycles. The number of ether oxygens (including phenoxy) is 1. The number of benzene rings is 1. The van der Waals surface area contributed by atoms with Crippen molar-refractivity contribution in [3.63, 3.8) is 0 Å². The lowest BCUT2D eigenvalue weighted by Crippen LogP contribution is -2.24. The first-order valence-electron chi connectivity index (χ1n) is 9.69. The van der Waals surface area contributed by atoms with E-state index in [0.29, 0.717) is 5.41 Å². The Hall–Kier alpha value is -2.62. The van der Waals surface area contributed by atoms with Gasteiger partial charge in [0.15, 0.2) is 0 Å². The maximum Gasteiger partial charge on any atom is 0.119 e. The van der Waals surface area contributed by atoms with E-state index in [1.54, 1.807) is 7.11 Å². The first kappa shape index (κ1) is 17.8. The van der Waals surface area contributed by atoms with Crippen LogP contribution < -0.4 is 4.74 Å². The van der Waals surface area contributed by atoms with Gasteiger partial charge in [0, 0.05) is 29.3 Å². The third kappa shape index (κ3) is 3.36. The number of pyridine rings is 1. The maximum atomic E-state index is 5.25. The van der Waals surface area contributed by atoms with Crippen LogP contribution in [0.5, 0.6) is 5.75 Å². The molecule has 27 heavy (non-hydrogen) atoms. The fourth-order valence-corrected chi connectivity index (χ4v) is 4.04. The smallest absolute Gasteiger partial charge is 0.119 e. The van der Waals surface area contributed by atoms with Gasteiger partial charge in [-0.3, -0.25) is 4.98 Å². The molecule has 0 amide bonds. The molecule has 4 rings (SSSR count). The summed E-state index contributed by atoms with van der Waals surface area (Å²) >= 11 is 0. The molecule has 0 unspecified atom stereocenters. The van der Waals surface area contributed by atoms with Gasteiger partial charge in [-0.2, -0.15) is 0 Å². The Bertz CT molecular complexity index is 954. The minimum absolute atomic E-state index is 0.347. The van der Waals surface area contributed by atoms with Gasteiger partial charge in [-0.15, -0.1) is 0 Å². The predicted octanol–water partition coefficient (Wildman–Crippen LogP) is 5.02. The molecule has 4 nitrogen and oxygen atoms in total. The zero-order valence-corrected chi connectivity index (χ0v) is 16.6. The Labute approximate surface area is 161 Å². The van der Waals surface area contributed by atoms with E-state index < -0.39 is 0 Å². The molecule has 0 saturated carbocycles. The minimum atomic E-state index is 0.347. The summed E-state index contributed by atoms with van der Waals surface area (Å²) in [6.07, 6.45) is 10.4. The van der Waals surface area contributed by atoms with Crippen LogP contribution in [0.15, 0.2) is 43.0 Å². The van der Waals surface area contributed by atoms with Crippen LogP contribution in [0, 0.1) is 5.41 Å². The van der Waals surface area contributed by atoms with E-state index >= 15 is 0 Å². The number of rotatable bonds is 4. The van der Waals surface area contributed by atoms with E-state index in [4.69, 9.17) is 14.7 Å². The van der Waals surface area contributed by atoms with Gasteiger partial charge in [-0.05, 0) is 66.5 Å². The van der Waals surface area contributed by atoms with Gasteiger partial charge in [0.25, 0.3) is 0 Å². The number of imidazole rings is 1. The van der Waals surface area contributed by atoms with Crippen molar-refractivity contribution in [3.8, 4) is 22.7 Å². The van der Waals surface area contributed by atoms with Crippen molar-refractivity contribution in [2.45, 2.75) is 46.5 Å². The van der Waals surface area contributed by atoms with Crippen LogP contribution in [0.2, 0.25) is 0 Å². The lowest BCUT2D eigenvalue weighted by atomic mass is 9.72. The van der Waals surface area contributed by atoms with Crippen LogP contribution >= 0.6 is 0 Å². The van der Waals surface area contributed by atoms with Crippen LogP contribution in [-0.2, 0) is 19.3 Å². The highest BCUT2D eigenvalue weighted by atomic mass is 16.5. The molecule has 0 spiro atoms. The van der Waals surface area contributed by atoms with Gasteiger partial charge < -0.3 is 9.30 Å². The van der Waals surface area contributed by atoms with E-state index in [1.807, 2.05) is 36.8 Å². The third-order valence-corrected chi connectivity index (χ3v) is 5.66. The lowest BCUT2D eigenvalue weighted by Gasteiger charge is -2.33. The van der Waals surface area contributed by atoms with Crippen LogP contribution in [0.25, 0.3) is 16.9 Å². The number of hydrogen-bond acceptors (Lipinski definition) is 3. The highest BCUT2D eigenvalue weighted by Gasteiger charge is 2.29. The summed E-state index contributed by atoms with van der Waals surface area (Å²) in [5.41, 5.74) is 7.74. The first-order chi connectivity index (χ1) is 13.0. The largest absolute Gasteiger partial charge is 0.497 e. The molecule has 0 N–H and O–H groups in total.